The Morgan fingerprint density at radius 3 is 2.86 bits per heavy atom. The number of rotatable bonds is 9. The molecule has 1 aliphatic rings. The summed E-state index contributed by atoms with van der Waals surface area (Å²) in [5.41, 5.74) is 0.983. The molecule has 156 valence electrons. The van der Waals surface area contributed by atoms with Crippen molar-refractivity contribution in [1.82, 2.24) is 15.3 Å². The monoisotopic (exact) mass is 398 g/mol. The summed E-state index contributed by atoms with van der Waals surface area (Å²) in [6, 6.07) is 7.60. The Kier molecular flexibility index (Phi) is 7.67. The van der Waals surface area contributed by atoms with E-state index >= 15 is 0 Å². The fraction of sp³-hybridized carbons (Fsp3) is 0.500. The van der Waals surface area contributed by atoms with E-state index in [2.05, 4.69) is 27.1 Å². The molecule has 1 saturated heterocycles. The fourth-order valence-electron chi connectivity index (χ4n) is 3.43. The first-order valence-corrected chi connectivity index (χ1v) is 10.3. The van der Waals surface area contributed by atoms with Crippen LogP contribution in [0.1, 0.15) is 38.2 Å². The number of nitrogens with zero attached hydrogens (tertiary/aromatic N) is 3. The van der Waals surface area contributed by atoms with E-state index in [9.17, 15) is 4.79 Å². The van der Waals surface area contributed by atoms with E-state index in [4.69, 9.17) is 9.47 Å². The zero-order chi connectivity index (χ0) is 20.5. The maximum atomic E-state index is 12.7. The normalized spacial score (nSPS) is 16.3. The standard InChI is InChI=1S/C22H30N4O3/c1-3-4-13-29-19-9-8-17(14-20(19)28-2)15-25-21(27)18-7-5-12-26(16-18)22-23-10-6-11-24-22/h6,8-11,14,18H,3-5,7,12-13,15-16H2,1-2H3,(H,25,27). The third-order valence-corrected chi connectivity index (χ3v) is 5.08. The number of amides is 1. The number of anilines is 1. The molecule has 1 aromatic heterocycles. The molecule has 3 rings (SSSR count). The minimum absolute atomic E-state index is 0.0628. The first-order valence-electron chi connectivity index (χ1n) is 10.3. The first kappa shape index (κ1) is 20.9. The average molecular weight is 399 g/mol. The van der Waals surface area contributed by atoms with Crippen molar-refractivity contribution >= 4 is 11.9 Å². The highest BCUT2D eigenvalue weighted by Gasteiger charge is 2.26. The number of hydrogen-bond donors (Lipinski definition) is 1. The van der Waals surface area contributed by atoms with Gasteiger partial charge in [0.2, 0.25) is 11.9 Å². The van der Waals surface area contributed by atoms with E-state index in [1.54, 1.807) is 25.6 Å². The van der Waals surface area contributed by atoms with Crippen LogP contribution < -0.4 is 19.7 Å². The lowest BCUT2D eigenvalue weighted by molar-refractivity contribution is -0.125. The van der Waals surface area contributed by atoms with Gasteiger partial charge in [0.25, 0.3) is 0 Å². The van der Waals surface area contributed by atoms with E-state index < -0.39 is 0 Å². The maximum absolute atomic E-state index is 12.7. The average Bonchev–Trinajstić information content (AvgIpc) is 2.78. The molecule has 0 bridgehead atoms. The van der Waals surface area contributed by atoms with E-state index in [0.29, 0.717) is 31.4 Å². The van der Waals surface area contributed by atoms with Crippen LogP contribution in [0.5, 0.6) is 11.5 Å². The summed E-state index contributed by atoms with van der Waals surface area (Å²) in [7, 11) is 1.63. The Morgan fingerprint density at radius 1 is 1.28 bits per heavy atom. The molecule has 29 heavy (non-hydrogen) atoms. The van der Waals surface area contributed by atoms with Crippen LogP contribution in [0.4, 0.5) is 5.95 Å². The van der Waals surface area contributed by atoms with Gasteiger partial charge in [0.1, 0.15) is 0 Å². The van der Waals surface area contributed by atoms with Crippen molar-refractivity contribution in [2.24, 2.45) is 5.92 Å². The highest BCUT2D eigenvalue weighted by atomic mass is 16.5. The number of aromatic nitrogens is 2. The smallest absolute Gasteiger partial charge is 0.225 e. The van der Waals surface area contributed by atoms with Crippen LogP contribution in [0.15, 0.2) is 36.7 Å². The summed E-state index contributed by atoms with van der Waals surface area (Å²) >= 11 is 0. The third-order valence-electron chi connectivity index (χ3n) is 5.08. The van der Waals surface area contributed by atoms with Gasteiger partial charge in [-0.3, -0.25) is 4.79 Å². The van der Waals surface area contributed by atoms with E-state index in [1.165, 1.54) is 0 Å². The molecule has 7 heteroatoms. The van der Waals surface area contributed by atoms with Crippen molar-refractivity contribution in [3.05, 3.63) is 42.2 Å². The predicted octanol–water partition coefficient (Wildman–Crippen LogP) is 3.20. The summed E-state index contributed by atoms with van der Waals surface area (Å²) in [6.45, 7) is 4.79. The summed E-state index contributed by atoms with van der Waals surface area (Å²) < 4.78 is 11.2. The predicted molar refractivity (Wildman–Crippen MR) is 112 cm³/mol. The molecule has 0 saturated carbocycles. The van der Waals surface area contributed by atoms with Gasteiger partial charge in [0.05, 0.1) is 19.6 Å². The Balaban J connectivity index is 1.54. The lowest BCUT2D eigenvalue weighted by Crippen LogP contribution is -2.43. The molecule has 1 aromatic carbocycles. The Morgan fingerprint density at radius 2 is 2.10 bits per heavy atom. The number of hydrogen-bond acceptors (Lipinski definition) is 6. The summed E-state index contributed by atoms with van der Waals surface area (Å²) in [4.78, 5) is 23.4. The SMILES string of the molecule is CCCCOc1ccc(CNC(=O)C2CCCN(c3ncccn3)C2)cc1OC. The lowest BCUT2D eigenvalue weighted by Gasteiger charge is -2.31. The maximum Gasteiger partial charge on any atom is 0.225 e. The Bertz CT molecular complexity index is 785. The number of carbonyl (C=O) groups is 1. The molecular formula is C22H30N4O3. The van der Waals surface area contributed by atoms with Crippen LogP contribution in [0, 0.1) is 5.92 Å². The number of ether oxygens (including phenoxy) is 2. The molecule has 0 radical (unpaired) electrons. The van der Waals surface area contributed by atoms with Gasteiger partial charge < -0.3 is 19.7 Å². The summed E-state index contributed by atoms with van der Waals surface area (Å²) in [6.07, 6.45) is 7.38. The molecule has 1 amide bonds. The van der Waals surface area contributed by atoms with Crippen LogP contribution in [0.25, 0.3) is 0 Å². The number of carbonyl (C=O) groups excluding carboxylic acids is 1. The number of benzene rings is 1. The van der Waals surface area contributed by atoms with Crippen LogP contribution in [0.3, 0.4) is 0 Å². The van der Waals surface area contributed by atoms with Crippen molar-refractivity contribution in [3.63, 3.8) is 0 Å². The van der Waals surface area contributed by atoms with Gasteiger partial charge in [-0.25, -0.2) is 9.97 Å². The Hall–Kier alpha value is -2.83. The largest absolute Gasteiger partial charge is 0.493 e. The Labute approximate surface area is 172 Å². The molecule has 1 fully saturated rings. The summed E-state index contributed by atoms with van der Waals surface area (Å²) in [5, 5.41) is 3.06. The minimum Gasteiger partial charge on any atom is -0.493 e. The van der Waals surface area contributed by atoms with Gasteiger partial charge in [-0.1, -0.05) is 19.4 Å². The molecule has 1 atom stereocenters. The molecular weight excluding hydrogens is 368 g/mol. The van der Waals surface area contributed by atoms with Gasteiger partial charge in [-0.2, -0.15) is 0 Å². The zero-order valence-corrected chi connectivity index (χ0v) is 17.3. The van der Waals surface area contributed by atoms with Crippen LogP contribution in [0.2, 0.25) is 0 Å². The number of methoxy groups -OCH3 is 1. The molecule has 7 nitrogen and oxygen atoms in total. The van der Waals surface area contributed by atoms with E-state index in [-0.39, 0.29) is 11.8 Å². The van der Waals surface area contributed by atoms with Gasteiger partial charge in [-0.15, -0.1) is 0 Å². The molecule has 0 aliphatic carbocycles. The number of unbranched alkanes of at least 4 members (excludes halogenated alkanes) is 1. The van der Waals surface area contributed by atoms with Crippen LogP contribution in [-0.2, 0) is 11.3 Å². The van der Waals surface area contributed by atoms with Gasteiger partial charge >= 0.3 is 0 Å². The highest BCUT2D eigenvalue weighted by Crippen LogP contribution is 2.28. The first-order chi connectivity index (χ1) is 14.2. The molecule has 1 N–H and O–H groups in total. The van der Waals surface area contributed by atoms with E-state index in [0.717, 1.165) is 43.5 Å². The topological polar surface area (TPSA) is 76.6 Å². The van der Waals surface area contributed by atoms with Crippen molar-refractivity contribution in [2.75, 3.05) is 31.7 Å². The van der Waals surface area contributed by atoms with Crippen molar-refractivity contribution in [1.29, 1.82) is 0 Å². The van der Waals surface area contributed by atoms with Crippen molar-refractivity contribution in [3.8, 4) is 11.5 Å². The van der Waals surface area contributed by atoms with Crippen LogP contribution >= 0.6 is 0 Å². The highest BCUT2D eigenvalue weighted by molar-refractivity contribution is 5.79. The summed E-state index contributed by atoms with van der Waals surface area (Å²) in [5.74, 6) is 2.12. The second-order valence-corrected chi connectivity index (χ2v) is 7.24. The molecule has 2 heterocycles. The second kappa shape index (κ2) is 10.6. The minimum atomic E-state index is -0.0638. The van der Waals surface area contributed by atoms with E-state index in [1.807, 2.05) is 18.2 Å². The molecule has 2 aromatic rings. The molecule has 0 spiro atoms. The molecule has 1 aliphatic heterocycles. The third kappa shape index (κ3) is 5.82. The number of piperidine rings is 1. The molecule has 1 unspecified atom stereocenters. The van der Waals surface area contributed by atoms with Gasteiger partial charge in [-0.05, 0) is 43.0 Å². The lowest BCUT2D eigenvalue weighted by atomic mass is 9.97. The number of nitrogens with one attached hydrogen (secondary N) is 1. The van der Waals surface area contributed by atoms with Crippen molar-refractivity contribution < 1.29 is 14.3 Å². The second-order valence-electron chi connectivity index (χ2n) is 7.24. The van der Waals surface area contributed by atoms with Gasteiger partial charge in [0, 0.05) is 32.0 Å². The quantitative estimate of drug-likeness (QED) is 0.654. The van der Waals surface area contributed by atoms with Gasteiger partial charge in [0.15, 0.2) is 11.5 Å². The van der Waals surface area contributed by atoms with Crippen LogP contribution in [-0.4, -0.2) is 42.7 Å². The van der Waals surface area contributed by atoms with Crippen molar-refractivity contribution in [2.45, 2.75) is 39.2 Å². The fourth-order valence-corrected chi connectivity index (χ4v) is 3.43. The zero-order valence-electron chi connectivity index (χ0n) is 17.3.